The molecule has 0 aromatic rings. The molecule has 0 aromatic heterocycles. The first kappa shape index (κ1) is 62.8. The molecular formula is C61H98O6. The van der Waals surface area contributed by atoms with Crippen molar-refractivity contribution < 1.29 is 28.6 Å². The lowest BCUT2D eigenvalue weighted by molar-refractivity contribution is -0.166. The Hall–Kier alpha value is -4.19. The van der Waals surface area contributed by atoms with E-state index in [9.17, 15) is 14.4 Å². The van der Waals surface area contributed by atoms with Crippen LogP contribution < -0.4 is 0 Å². The molecule has 0 saturated heterocycles. The van der Waals surface area contributed by atoms with Gasteiger partial charge < -0.3 is 14.2 Å². The van der Waals surface area contributed by atoms with Gasteiger partial charge in [0.2, 0.25) is 0 Å². The summed E-state index contributed by atoms with van der Waals surface area (Å²) < 4.78 is 16.7. The lowest BCUT2D eigenvalue weighted by atomic mass is 10.1. The molecule has 0 saturated carbocycles. The minimum absolute atomic E-state index is 0.123. The van der Waals surface area contributed by atoms with Gasteiger partial charge in [-0.2, -0.15) is 0 Å². The lowest BCUT2D eigenvalue weighted by Crippen LogP contribution is -2.30. The summed E-state index contributed by atoms with van der Waals surface area (Å²) in [6.07, 6.45) is 74.8. The molecule has 1 atom stereocenters. The minimum Gasteiger partial charge on any atom is -0.462 e. The van der Waals surface area contributed by atoms with Crippen molar-refractivity contribution in [1.82, 2.24) is 0 Å². The van der Waals surface area contributed by atoms with E-state index in [0.29, 0.717) is 19.3 Å². The molecule has 6 nitrogen and oxygen atoms in total. The number of hydrogen-bond acceptors (Lipinski definition) is 6. The molecule has 0 N–H and O–H groups in total. The fourth-order valence-corrected chi connectivity index (χ4v) is 7.03. The molecule has 0 spiro atoms. The highest BCUT2D eigenvalue weighted by atomic mass is 16.6. The van der Waals surface area contributed by atoms with Crippen LogP contribution in [0.25, 0.3) is 0 Å². The van der Waals surface area contributed by atoms with Crippen molar-refractivity contribution in [2.24, 2.45) is 0 Å². The minimum atomic E-state index is -0.834. The largest absolute Gasteiger partial charge is 0.462 e. The summed E-state index contributed by atoms with van der Waals surface area (Å²) in [7, 11) is 0. The van der Waals surface area contributed by atoms with Crippen LogP contribution in [0.1, 0.15) is 226 Å². The van der Waals surface area contributed by atoms with Gasteiger partial charge in [-0.15, -0.1) is 0 Å². The number of carbonyl (C=O) groups excluding carboxylic acids is 3. The standard InChI is InChI=1S/C61H98O6/c1-4-7-10-13-16-19-22-25-28-30-31-34-36-39-42-45-48-51-54-60(63)66-57-58(56-65-59(62)53-50-47-44-41-38-35-32-27-24-21-18-15-12-9-6-3)67-61(64)55-52-49-46-43-40-37-33-29-26-23-20-17-14-11-8-5-2/h8-9,11-12,15,17-18,20-21,24,26-27,29,31-32,34,37,40,46,49,58H,4-7,10,13-14,16,19,22-23,25,28,30,33,35-36,38-39,41-45,47-48,50-57H2,1-3H3/b11-8-,12-9-,18-15-,20-17-,24-21-,29-26-,32-27-,34-31-,40-37-,49-46-. The molecule has 0 fully saturated rings. The second-order valence-corrected chi connectivity index (χ2v) is 17.5. The van der Waals surface area contributed by atoms with Crippen molar-refractivity contribution in [3.63, 3.8) is 0 Å². The van der Waals surface area contributed by atoms with Crippen LogP contribution in [-0.4, -0.2) is 37.2 Å². The molecule has 0 radical (unpaired) electrons. The zero-order valence-corrected chi connectivity index (χ0v) is 43.1. The summed E-state index contributed by atoms with van der Waals surface area (Å²) in [6, 6.07) is 0. The number of unbranched alkanes of at least 4 members (excludes halogenated alkanes) is 19. The molecule has 6 heteroatoms. The third-order valence-corrected chi connectivity index (χ3v) is 11.0. The Kier molecular flexibility index (Phi) is 51.0. The predicted molar refractivity (Wildman–Crippen MR) is 288 cm³/mol. The van der Waals surface area contributed by atoms with E-state index < -0.39 is 12.1 Å². The molecule has 0 aromatic carbocycles. The SMILES string of the molecule is CC\C=C/C=C\C=C/C=C\CCCCCCCC(=O)OCC(COC(=O)CCCCCCC/C=C\CCCCCCCCCCC)OC(=O)CC/C=C\C/C=C\C/C=C\C/C=C\C/C=C\CC. The van der Waals surface area contributed by atoms with E-state index in [1.807, 2.05) is 36.5 Å². The maximum Gasteiger partial charge on any atom is 0.306 e. The van der Waals surface area contributed by atoms with Crippen molar-refractivity contribution in [3.05, 3.63) is 122 Å². The summed E-state index contributed by atoms with van der Waals surface area (Å²) in [5.74, 6) is -1.04. The Bertz CT molecular complexity index is 1440. The van der Waals surface area contributed by atoms with Crippen LogP contribution in [0, 0.1) is 0 Å². The summed E-state index contributed by atoms with van der Waals surface area (Å²) in [5, 5.41) is 0. The number of esters is 3. The van der Waals surface area contributed by atoms with E-state index in [1.54, 1.807) is 0 Å². The molecule has 67 heavy (non-hydrogen) atoms. The smallest absolute Gasteiger partial charge is 0.306 e. The lowest BCUT2D eigenvalue weighted by Gasteiger charge is -2.18. The number of rotatable bonds is 47. The van der Waals surface area contributed by atoms with E-state index in [-0.39, 0.29) is 31.6 Å². The average molecular weight is 927 g/mol. The third-order valence-electron chi connectivity index (χ3n) is 11.0. The van der Waals surface area contributed by atoms with Gasteiger partial charge in [-0.3, -0.25) is 14.4 Å². The first-order valence-corrected chi connectivity index (χ1v) is 27.1. The zero-order chi connectivity index (χ0) is 48.6. The Morgan fingerprint density at radius 3 is 1.15 bits per heavy atom. The molecule has 0 aliphatic carbocycles. The number of carbonyl (C=O) groups is 3. The molecule has 0 amide bonds. The van der Waals surface area contributed by atoms with Gasteiger partial charge in [0.25, 0.3) is 0 Å². The normalized spacial score (nSPS) is 13.1. The Morgan fingerprint density at radius 1 is 0.328 bits per heavy atom. The maximum absolute atomic E-state index is 12.8. The maximum atomic E-state index is 12.8. The Morgan fingerprint density at radius 2 is 0.687 bits per heavy atom. The van der Waals surface area contributed by atoms with Gasteiger partial charge in [0, 0.05) is 19.3 Å². The van der Waals surface area contributed by atoms with Crippen LogP contribution in [0.2, 0.25) is 0 Å². The number of hydrogen-bond donors (Lipinski definition) is 0. The topological polar surface area (TPSA) is 78.9 Å². The quantitative estimate of drug-likeness (QED) is 0.0199. The van der Waals surface area contributed by atoms with Gasteiger partial charge in [0.05, 0.1) is 0 Å². The summed E-state index contributed by atoms with van der Waals surface area (Å²) in [6.45, 7) is 6.29. The van der Waals surface area contributed by atoms with E-state index in [1.165, 1.54) is 70.6 Å². The van der Waals surface area contributed by atoms with Gasteiger partial charge in [-0.1, -0.05) is 232 Å². The third kappa shape index (κ3) is 52.6. The van der Waals surface area contributed by atoms with Gasteiger partial charge in [-0.05, 0) is 96.3 Å². The van der Waals surface area contributed by atoms with Crippen molar-refractivity contribution in [3.8, 4) is 0 Å². The predicted octanol–water partition coefficient (Wildman–Crippen LogP) is 18.1. The first-order valence-electron chi connectivity index (χ1n) is 27.1. The van der Waals surface area contributed by atoms with E-state index in [0.717, 1.165) is 109 Å². The highest BCUT2D eigenvalue weighted by Crippen LogP contribution is 2.13. The summed E-state index contributed by atoms with van der Waals surface area (Å²) in [5.41, 5.74) is 0. The Balaban J connectivity index is 4.54. The molecule has 1 unspecified atom stereocenters. The highest BCUT2D eigenvalue weighted by Gasteiger charge is 2.19. The fraction of sp³-hybridized carbons (Fsp3) is 0.623. The zero-order valence-electron chi connectivity index (χ0n) is 43.1. The van der Waals surface area contributed by atoms with Gasteiger partial charge in [0.15, 0.2) is 6.10 Å². The first-order chi connectivity index (χ1) is 33.0. The van der Waals surface area contributed by atoms with Crippen LogP contribution in [0.4, 0.5) is 0 Å². The average Bonchev–Trinajstić information content (AvgIpc) is 3.33. The summed E-state index contributed by atoms with van der Waals surface area (Å²) in [4.78, 5) is 38.0. The molecule has 0 aliphatic rings. The number of ether oxygens (including phenoxy) is 3. The molecular weight excluding hydrogens is 829 g/mol. The van der Waals surface area contributed by atoms with Crippen molar-refractivity contribution in [1.29, 1.82) is 0 Å². The fourth-order valence-electron chi connectivity index (χ4n) is 7.03. The van der Waals surface area contributed by atoms with Crippen LogP contribution >= 0.6 is 0 Å². The molecule has 0 heterocycles. The van der Waals surface area contributed by atoms with E-state index in [4.69, 9.17) is 14.2 Å². The molecule has 378 valence electrons. The number of allylic oxidation sites excluding steroid dienone is 20. The molecule has 0 rings (SSSR count). The van der Waals surface area contributed by atoms with E-state index in [2.05, 4.69) is 106 Å². The Labute approximate surface area is 412 Å². The second-order valence-electron chi connectivity index (χ2n) is 17.5. The van der Waals surface area contributed by atoms with Crippen LogP contribution in [0.5, 0.6) is 0 Å². The van der Waals surface area contributed by atoms with Crippen molar-refractivity contribution in [2.45, 2.75) is 232 Å². The van der Waals surface area contributed by atoms with Crippen LogP contribution in [-0.2, 0) is 28.6 Å². The van der Waals surface area contributed by atoms with Gasteiger partial charge in [-0.25, -0.2) is 0 Å². The van der Waals surface area contributed by atoms with Crippen LogP contribution in [0.15, 0.2) is 122 Å². The highest BCUT2D eigenvalue weighted by molar-refractivity contribution is 5.71. The van der Waals surface area contributed by atoms with Gasteiger partial charge >= 0.3 is 17.9 Å². The van der Waals surface area contributed by atoms with Gasteiger partial charge in [0.1, 0.15) is 13.2 Å². The van der Waals surface area contributed by atoms with Crippen LogP contribution in [0.3, 0.4) is 0 Å². The van der Waals surface area contributed by atoms with Crippen molar-refractivity contribution >= 4 is 17.9 Å². The molecule has 0 aliphatic heterocycles. The second kappa shape index (κ2) is 54.4. The molecule has 0 bridgehead atoms. The van der Waals surface area contributed by atoms with Crippen molar-refractivity contribution in [2.75, 3.05) is 13.2 Å². The monoisotopic (exact) mass is 927 g/mol. The van der Waals surface area contributed by atoms with E-state index >= 15 is 0 Å². The summed E-state index contributed by atoms with van der Waals surface area (Å²) >= 11 is 0.